The summed E-state index contributed by atoms with van der Waals surface area (Å²) < 4.78 is 33.6. The predicted octanol–water partition coefficient (Wildman–Crippen LogP) is 3.19. The van der Waals surface area contributed by atoms with E-state index in [9.17, 15) is 19.2 Å². The number of carbonyl (C=O) groups excluding carboxylic acids is 4. The number of esters is 4. The van der Waals surface area contributed by atoms with Gasteiger partial charge in [-0.1, -0.05) is 43.3 Å². The molecule has 41 heavy (non-hydrogen) atoms. The van der Waals surface area contributed by atoms with Crippen molar-refractivity contribution in [3.63, 3.8) is 0 Å². The molecule has 1 N–H and O–H groups in total. The molecule has 1 unspecified atom stereocenters. The highest BCUT2D eigenvalue weighted by Crippen LogP contribution is 2.32. The molecule has 1 aromatic heterocycles. The van der Waals surface area contributed by atoms with Crippen molar-refractivity contribution in [3.8, 4) is 5.88 Å². The van der Waals surface area contributed by atoms with Gasteiger partial charge >= 0.3 is 23.9 Å². The van der Waals surface area contributed by atoms with Crippen LogP contribution in [0.3, 0.4) is 0 Å². The summed E-state index contributed by atoms with van der Waals surface area (Å²) in [6.07, 6.45) is -0.956. The van der Waals surface area contributed by atoms with Gasteiger partial charge in [0.1, 0.15) is 12.7 Å². The quantitative estimate of drug-likeness (QED) is 0.312. The normalized spacial score (nSPS) is 22.1. The highest BCUT2D eigenvalue weighted by atomic mass is 16.7. The summed E-state index contributed by atoms with van der Waals surface area (Å²) in [4.78, 5) is 47.7. The Morgan fingerprint density at radius 2 is 1.51 bits per heavy atom. The molecule has 0 bridgehead atoms. The van der Waals surface area contributed by atoms with Crippen molar-refractivity contribution in [3.05, 3.63) is 52.7 Å². The van der Waals surface area contributed by atoms with E-state index in [-0.39, 0.29) is 12.5 Å². The number of aromatic amines is 1. The number of hydrogen-bond donors (Lipinski definition) is 1. The summed E-state index contributed by atoms with van der Waals surface area (Å²) in [6, 6.07) is 8.02. The van der Waals surface area contributed by atoms with E-state index in [1.165, 1.54) is 6.92 Å². The Morgan fingerprint density at radius 3 is 2.10 bits per heavy atom. The van der Waals surface area contributed by atoms with Crippen LogP contribution in [-0.4, -0.2) is 71.4 Å². The third-order valence-electron chi connectivity index (χ3n) is 6.12. The lowest BCUT2D eigenvalue weighted by molar-refractivity contribution is -0.289. The minimum Gasteiger partial charge on any atom is -0.463 e. The van der Waals surface area contributed by atoms with Crippen molar-refractivity contribution >= 4 is 30.0 Å². The van der Waals surface area contributed by atoms with Crippen molar-refractivity contribution in [2.75, 3.05) is 6.61 Å². The molecule has 12 nitrogen and oxygen atoms in total. The monoisotopic (exact) mass is 572 g/mol. The Hall–Kier alpha value is -4.19. The second-order valence-electron chi connectivity index (χ2n) is 9.55. The molecule has 5 atom stereocenters. The third-order valence-corrected chi connectivity index (χ3v) is 6.12. The van der Waals surface area contributed by atoms with Crippen LogP contribution in [-0.2, 0) is 49.3 Å². The van der Waals surface area contributed by atoms with Gasteiger partial charge in [0.25, 0.3) is 0 Å². The van der Waals surface area contributed by atoms with Gasteiger partial charge in [-0.05, 0) is 24.5 Å². The molecule has 0 aliphatic carbocycles. The number of ether oxygens (including phenoxy) is 6. The number of nitrogens with zero attached hydrogens (tertiary/aromatic N) is 1. The van der Waals surface area contributed by atoms with Crippen LogP contribution >= 0.6 is 0 Å². The summed E-state index contributed by atoms with van der Waals surface area (Å²) >= 11 is 0. The molecule has 1 fully saturated rings. The number of carbonyl (C=O) groups is 4. The topological polar surface area (TPSA) is 152 Å². The van der Waals surface area contributed by atoms with E-state index in [0.717, 1.165) is 49.6 Å². The van der Waals surface area contributed by atoms with Crippen molar-refractivity contribution < 1.29 is 47.6 Å². The van der Waals surface area contributed by atoms with Gasteiger partial charge < -0.3 is 28.4 Å². The maximum atomic E-state index is 12.1. The molecule has 3 rings (SSSR count). The molecule has 1 aliphatic rings. The lowest BCUT2D eigenvalue weighted by Crippen LogP contribution is -2.63. The van der Waals surface area contributed by atoms with Gasteiger partial charge in [-0.15, -0.1) is 5.10 Å². The molecule has 0 spiro atoms. The number of nitrogens with one attached hydrogen (secondary N) is 1. The van der Waals surface area contributed by atoms with Crippen LogP contribution in [0.15, 0.2) is 30.3 Å². The van der Waals surface area contributed by atoms with Crippen molar-refractivity contribution in [2.45, 2.75) is 85.1 Å². The van der Waals surface area contributed by atoms with Crippen LogP contribution in [0.1, 0.15) is 63.4 Å². The van der Waals surface area contributed by atoms with Gasteiger partial charge in [-0.25, -0.2) is 0 Å². The SMILES string of the molecule is CCC=Cc1ccc(Cc2c(OC3O[C@H](COC(C)=O)[C@@H](OC(C)=O)[C@H](OC(C)=O)[C@H]3OC(C)=O)n[nH]c2C)cc1. The van der Waals surface area contributed by atoms with Crippen molar-refractivity contribution in [1.29, 1.82) is 0 Å². The molecule has 1 saturated heterocycles. The van der Waals surface area contributed by atoms with Crippen molar-refractivity contribution in [1.82, 2.24) is 10.2 Å². The molecule has 2 aromatic rings. The lowest BCUT2D eigenvalue weighted by atomic mass is 9.98. The average Bonchev–Trinajstić information content (AvgIpc) is 3.23. The van der Waals surface area contributed by atoms with E-state index in [1.54, 1.807) is 0 Å². The zero-order valence-electron chi connectivity index (χ0n) is 24.0. The fourth-order valence-corrected chi connectivity index (χ4v) is 4.33. The van der Waals surface area contributed by atoms with Gasteiger partial charge in [0.15, 0.2) is 12.2 Å². The second-order valence-corrected chi connectivity index (χ2v) is 9.55. The summed E-state index contributed by atoms with van der Waals surface area (Å²) in [5, 5.41) is 7.17. The van der Waals surface area contributed by atoms with Crippen LogP contribution in [0.5, 0.6) is 5.88 Å². The van der Waals surface area contributed by atoms with E-state index >= 15 is 0 Å². The zero-order valence-corrected chi connectivity index (χ0v) is 24.0. The molecule has 222 valence electrons. The predicted molar refractivity (Wildman–Crippen MR) is 144 cm³/mol. The Kier molecular flexibility index (Phi) is 11.0. The van der Waals surface area contributed by atoms with E-state index in [0.29, 0.717) is 6.42 Å². The Morgan fingerprint density at radius 1 is 0.902 bits per heavy atom. The van der Waals surface area contributed by atoms with E-state index in [4.69, 9.17) is 28.4 Å². The smallest absolute Gasteiger partial charge is 0.303 e. The van der Waals surface area contributed by atoms with Gasteiger partial charge in [-0.2, -0.15) is 0 Å². The number of allylic oxidation sites excluding steroid dienone is 1. The molecular weight excluding hydrogens is 536 g/mol. The van der Waals surface area contributed by atoms with E-state index in [2.05, 4.69) is 23.2 Å². The molecule has 1 aromatic carbocycles. The van der Waals surface area contributed by atoms with E-state index < -0.39 is 54.6 Å². The molecule has 0 radical (unpaired) electrons. The first-order valence-electron chi connectivity index (χ1n) is 13.2. The number of hydrogen-bond acceptors (Lipinski definition) is 11. The average molecular weight is 573 g/mol. The number of aryl methyl sites for hydroxylation is 1. The standard InChI is InChI=1S/C29H36N2O10/c1-7-8-9-21-10-12-22(13-11-21)14-23-16(2)30-31-28(23)41-29-27(39-20(6)35)26(38-19(5)34)25(37-18(4)33)24(40-29)15-36-17(3)32/h8-13,24-27,29H,7,14-15H2,1-6H3,(H,30,31)/t24-,25-,26+,27-,29?/m1/s1. The van der Waals surface area contributed by atoms with Crippen LogP contribution in [0.25, 0.3) is 6.08 Å². The first-order chi connectivity index (χ1) is 19.5. The maximum Gasteiger partial charge on any atom is 0.303 e. The summed E-state index contributed by atoms with van der Waals surface area (Å²) in [6.45, 7) is 8.22. The minimum absolute atomic E-state index is 0.165. The summed E-state index contributed by atoms with van der Waals surface area (Å²) in [5.41, 5.74) is 3.53. The molecule has 0 amide bonds. The highest BCUT2D eigenvalue weighted by molar-refractivity contribution is 5.68. The third kappa shape index (κ3) is 8.90. The first-order valence-corrected chi connectivity index (χ1v) is 13.2. The van der Waals surface area contributed by atoms with Crippen LogP contribution < -0.4 is 4.74 Å². The molecule has 1 aliphatic heterocycles. The maximum absolute atomic E-state index is 12.1. The Labute approximate surface area is 238 Å². The number of H-pyrrole nitrogens is 1. The first kappa shape index (κ1) is 31.3. The highest BCUT2D eigenvalue weighted by Gasteiger charge is 2.53. The number of benzene rings is 1. The van der Waals surface area contributed by atoms with Gasteiger partial charge in [0.05, 0.1) is 0 Å². The summed E-state index contributed by atoms with van der Waals surface area (Å²) in [5.74, 6) is -2.62. The fourth-order valence-electron chi connectivity index (χ4n) is 4.33. The zero-order chi connectivity index (χ0) is 30.1. The lowest BCUT2D eigenvalue weighted by Gasteiger charge is -2.43. The molecular formula is C29H36N2O10. The Balaban J connectivity index is 1.95. The van der Waals surface area contributed by atoms with Gasteiger partial charge in [0, 0.05) is 45.4 Å². The largest absolute Gasteiger partial charge is 0.463 e. The van der Waals surface area contributed by atoms with Gasteiger partial charge in [0.2, 0.25) is 18.3 Å². The number of rotatable bonds is 11. The molecule has 0 saturated carbocycles. The number of aromatic nitrogens is 2. The Bertz CT molecular complexity index is 1250. The fraction of sp³-hybridized carbons (Fsp3) is 0.483. The van der Waals surface area contributed by atoms with E-state index in [1.807, 2.05) is 37.3 Å². The van der Waals surface area contributed by atoms with Crippen LogP contribution in [0.2, 0.25) is 0 Å². The minimum atomic E-state index is -1.38. The van der Waals surface area contributed by atoms with Crippen molar-refractivity contribution in [2.24, 2.45) is 0 Å². The van der Waals surface area contributed by atoms with Crippen LogP contribution in [0, 0.1) is 6.92 Å². The second kappa shape index (κ2) is 14.4. The molecule has 12 heteroatoms. The van der Waals surface area contributed by atoms with Crippen LogP contribution in [0.4, 0.5) is 0 Å². The summed E-state index contributed by atoms with van der Waals surface area (Å²) in [7, 11) is 0. The van der Waals surface area contributed by atoms with Gasteiger partial charge in [-0.3, -0.25) is 24.3 Å². The molecule has 2 heterocycles.